The number of carbonyl (C=O) groups is 3. The number of fused-ring (bicyclic) bond motifs is 3. The number of piperidine rings is 1. The number of aliphatic hydroxyl groups is 1. The van der Waals surface area contributed by atoms with Crippen LogP contribution < -0.4 is 5.32 Å². The van der Waals surface area contributed by atoms with Gasteiger partial charge in [-0.25, -0.2) is 9.59 Å². The van der Waals surface area contributed by atoms with Crippen molar-refractivity contribution in [2.45, 2.75) is 49.7 Å². The van der Waals surface area contributed by atoms with E-state index in [1.165, 1.54) is 16.0 Å². The molecule has 1 saturated carbocycles. The molecule has 1 saturated heterocycles. The monoisotopic (exact) mass is 478 g/mol. The third-order valence-corrected chi connectivity index (χ3v) is 7.63. The van der Waals surface area contributed by atoms with Gasteiger partial charge in [-0.05, 0) is 54.4 Å². The zero-order valence-electron chi connectivity index (χ0n) is 19.5. The van der Waals surface area contributed by atoms with E-state index in [9.17, 15) is 24.6 Å². The van der Waals surface area contributed by atoms with E-state index in [1.54, 1.807) is 0 Å². The maximum absolute atomic E-state index is 13.0. The van der Waals surface area contributed by atoms with Gasteiger partial charge in [-0.1, -0.05) is 48.5 Å². The highest BCUT2D eigenvalue weighted by molar-refractivity contribution is 5.83. The van der Waals surface area contributed by atoms with Gasteiger partial charge in [-0.15, -0.1) is 0 Å². The zero-order chi connectivity index (χ0) is 24.6. The summed E-state index contributed by atoms with van der Waals surface area (Å²) in [6.07, 6.45) is 1.83. The van der Waals surface area contributed by atoms with Crippen molar-refractivity contribution in [3.05, 3.63) is 59.7 Å². The molecule has 8 nitrogen and oxygen atoms in total. The van der Waals surface area contributed by atoms with E-state index in [0.29, 0.717) is 32.2 Å². The molecular formula is C27H30N2O6. The molecule has 0 radical (unpaired) electrons. The van der Waals surface area contributed by atoms with Crippen LogP contribution in [0, 0.1) is 5.92 Å². The molecule has 35 heavy (non-hydrogen) atoms. The van der Waals surface area contributed by atoms with Gasteiger partial charge in [0, 0.05) is 24.4 Å². The first-order chi connectivity index (χ1) is 16.9. The first-order valence-corrected chi connectivity index (χ1v) is 12.2. The van der Waals surface area contributed by atoms with Crippen molar-refractivity contribution < 1.29 is 29.3 Å². The number of β-amino-alcohol motifs (C(OH)–C–C–N with tert-alkyl or cyclic N) is 1. The van der Waals surface area contributed by atoms with Crippen molar-refractivity contribution in [1.82, 2.24) is 10.2 Å². The molecule has 3 aliphatic rings. The number of carboxylic acid groups (broad SMARTS) is 1. The number of carbonyl (C=O) groups excluding carboxylic acids is 2. The number of carboxylic acids is 1. The predicted molar refractivity (Wildman–Crippen MR) is 128 cm³/mol. The van der Waals surface area contributed by atoms with Crippen molar-refractivity contribution in [2.75, 3.05) is 19.7 Å². The zero-order valence-corrected chi connectivity index (χ0v) is 19.5. The van der Waals surface area contributed by atoms with Crippen molar-refractivity contribution in [3.8, 4) is 11.1 Å². The molecule has 1 aliphatic heterocycles. The minimum atomic E-state index is -1.88. The van der Waals surface area contributed by atoms with Gasteiger partial charge in [0.05, 0.1) is 6.54 Å². The molecule has 0 bridgehead atoms. The smallest absolute Gasteiger partial charge is 0.407 e. The van der Waals surface area contributed by atoms with Gasteiger partial charge in [-0.3, -0.25) is 4.79 Å². The molecule has 8 heteroatoms. The van der Waals surface area contributed by atoms with E-state index < -0.39 is 17.7 Å². The number of amides is 2. The third-order valence-electron chi connectivity index (χ3n) is 7.63. The second-order valence-electron chi connectivity index (χ2n) is 9.88. The summed E-state index contributed by atoms with van der Waals surface area (Å²) in [7, 11) is 0. The van der Waals surface area contributed by atoms with Gasteiger partial charge in [0.2, 0.25) is 5.91 Å². The summed E-state index contributed by atoms with van der Waals surface area (Å²) in [4.78, 5) is 38.4. The first kappa shape index (κ1) is 23.4. The fourth-order valence-corrected chi connectivity index (χ4v) is 5.80. The lowest BCUT2D eigenvalue weighted by Crippen LogP contribution is -2.55. The Morgan fingerprint density at radius 1 is 1.03 bits per heavy atom. The second kappa shape index (κ2) is 9.34. The Hall–Kier alpha value is -3.39. The Morgan fingerprint density at radius 2 is 1.69 bits per heavy atom. The number of aliphatic carboxylic acids is 1. The van der Waals surface area contributed by atoms with E-state index >= 15 is 0 Å². The summed E-state index contributed by atoms with van der Waals surface area (Å²) in [6, 6.07) is 16.1. The SMILES string of the molecule is O=C(N[C@H]1CC[C@@H](C(=O)N2CCCC(O)(C(=O)O)C2)C1)OCC1c2ccccc2-c2ccccc21. The summed E-state index contributed by atoms with van der Waals surface area (Å²) in [6.45, 7) is 0.480. The second-order valence-corrected chi connectivity index (χ2v) is 9.88. The summed E-state index contributed by atoms with van der Waals surface area (Å²) < 4.78 is 5.62. The van der Waals surface area contributed by atoms with Gasteiger partial charge < -0.3 is 25.2 Å². The lowest BCUT2D eigenvalue weighted by molar-refractivity contribution is -0.167. The Bertz CT molecular complexity index is 1100. The van der Waals surface area contributed by atoms with Gasteiger partial charge in [0.1, 0.15) is 6.61 Å². The summed E-state index contributed by atoms with van der Waals surface area (Å²) in [5.41, 5.74) is 2.75. The third kappa shape index (κ3) is 4.50. The van der Waals surface area contributed by atoms with E-state index in [1.807, 2.05) is 24.3 Å². The Balaban J connectivity index is 1.15. The van der Waals surface area contributed by atoms with E-state index in [-0.39, 0.29) is 43.4 Å². The number of nitrogens with one attached hydrogen (secondary N) is 1. The Morgan fingerprint density at radius 3 is 2.34 bits per heavy atom. The van der Waals surface area contributed by atoms with Crippen LogP contribution in [0.4, 0.5) is 4.79 Å². The molecule has 2 aromatic rings. The Kier molecular flexibility index (Phi) is 6.23. The van der Waals surface area contributed by atoms with Gasteiger partial charge in [-0.2, -0.15) is 0 Å². The van der Waals surface area contributed by atoms with Gasteiger partial charge in [0.25, 0.3) is 0 Å². The van der Waals surface area contributed by atoms with E-state index in [2.05, 4.69) is 29.6 Å². The summed E-state index contributed by atoms with van der Waals surface area (Å²) in [5, 5.41) is 22.5. The van der Waals surface area contributed by atoms with Crippen molar-refractivity contribution in [1.29, 1.82) is 0 Å². The van der Waals surface area contributed by atoms with E-state index in [0.717, 1.165) is 11.1 Å². The maximum atomic E-state index is 13.0. The maximum Gasteiger partial charge on any atom is 0.407 e. The molecular weight excluding hydrogens is 448 g/mol. The molecule has 1 unspecified atom stereocenters. The highest BCUT2D eigenvalue weighted by Gasteiger charge is 2.44. The number of rotatable bonds is 5. The average molecular weight is 479 g/mol. The van der Waals surface area contributed by atoms with Crippen LogP contribution in [0.1, 0.15) is 49.1 Å². The van der Waals surface area contributed by atoms with Crippen LogP contribution >= 0.6 is 0 Å². The number of hydrogen-bond donors (Lipinski definition) is 3. The average Bonchev–Trinajstić information content (AvgIpc) is 3.45. The van der Waals surface area contributed by atoms with Crippen LogP contribution in [-0.4, -0.2) is 64.4 Å². The number of ether oxygens (including phenoxy) is 1. The molecule has 0 aromatic heterocycles. The quantitative estimate of drug-likeness (QED) is 0.608. The molecule has 1 heterocycles. The normalized spacial score (nSPS) is 25.6. The molecule has 2 aromatic carbocycles. The fraction of sp³-hybridized carbons (Fsp3) is 0.444. The van der Waals surface area contributed by atoms with Crippen LogP contribution in [0.5, 0.6) is 0 Å². The Labute approximate surface area is 203 Å². The minimum absolute atomic E-state index is 0.0156. The fourth-order valence-electron chi connectivity index (χ4n) is 5.80. The van der Waals surface area contributed by atoms with E-state index in [4.69, 9.17) is 4.74 Å². The molecule has 2 aliphatic carbocycles. The summed E-state index contributed by atoms with van der Waals surface area (Å²) >= 11 is 0. The molecule has 2 amide bonds. The van der Waals surface area contributed by atoms with Gasteiger partial charge in [0.15, 0.2) is 5.60 Å². The number of alkyl carbamates (subject to hydrolysis) is 1. The minimum Gasteiger partial charge on any atom is -0.479 e. The number of benzene rings is 2. The first-order valence-electron chi connectivity index (χ1n) is 12.2. The molecule has 3 atom stereocenters. The largest absolute Gasteiger partial charge is 0.479 e. The van der Waals surface area contributed by atoms with Gasteiger partial charge >= 0.3 is 12.1 Å². The molecule has 0 spiro atoms. The van der Waals surface area contributed by atoms with Crippen LogP contribution in [-0.2, 0) is 14.3 Å². The molecule has 3 N–H and O–H groups in total. The molecule has 5 rings (SSSR count). The molecule has 184 valence electrons. The van der Waals surface area contributed by atoms with Crippen LogP contribution in [0.15, 0.2) is 48.5 Å². The highest BCUT2D eigenvalue weighted by Crippen LogP contribution is 2.44. The number of nitrogens with zero attached hydrogens (tertiary/aromatic N) is 1. The lowest BCUT2D eigenvalue weighted by Gasteiger charge is -2.37. The van der Waals surface area contributed by atoms with Crippen LogP contribution in [0.3, 0.4) is 0 Å². The van der Waals surface area contributed by atoms with Crippen molar-refractivity contribution >= 4 is 18.0 Å². The van der Waals surface area contributed by atoms with Crippen molar-refractivity contribution in [3.63, 3.8) is 0 Å². The highest BCUT2D eigenvalue weighted by atomic mass is 16.5. The molecule has 2 fully saturated rings. The van der Waals surface area contributed by atoms with Crippen LogP contribution in [0.2, 0.25) is 0 Å². The topological polar surface area (TPSA) is 116 Å². The number of likely N-dealkylation sites (tertiary alicyclic amines) is 1. The lowest BCUT2D eigenvalue weighted by atomic mass is 9.92. The predicted octanol–water partition coefficient (Wildman–Crippen LogP) is 3.13. The van der Waals surface area contributed by atoms with Crippen molar-refractivity contribution in [2.24, 2.45) is 5.92 Å². The number of hydrogen-bond acceptors (Lipinski definition) is 5. The van der Waals surface area contributed by atoms with Crippen LogP contribution in [0.25, 0.3) is 11.1 Å². The standard InChI is InChI=1S/C27H30N2O6/c30-24(29-13-5-12-27(34,16-29)25(31)32)17-10-11-18(14-17)28-26(33)35-15-23-21-8-3-1-6-19(21)20-7-2-4-9-22(20)23/h1-4,6-9,17-18,23,34H,5,10-16H2,(H,28,33)(H,31,32)/t17-,18+,27?/m1/s1. The summed E-state index contributed by atoms with van der Waals surface area (Å²) in [5.74, 6) is -1.76.